The Bertz CT molecular complexity index is 866. The van der Waals surface area contributed by atoms with Crippen molar-refractivity contribution in [3.63, 3.8) is 0 Å². The Labute approximate surface area is 182 Å². The summed E-state index contributed by atoms with van der Waals surface area (Å²) in [4.78, 5) is 2.23. The second-order valence-electron chi connectivity index (χ2n) is 9.90. The van der Waals surface area contributed by atoms with Gasteiger partial charge in [0.05, 0.1) is 25.5 Å². The molecule has 0 aliphatic carbocycles. The highest BCUT2D eigenvalue weighted by Crippen LogP contribution is 2.37. The molecule has 1 aromatic carbocycles. The van der Waals surface area contributed by atoms with Gasteiger partial charge in [0.15, 0.2) is 8.32 Å². The van der Waals surface area contributed by atoms with Crippen LogP contribution >= 0.6 is 0 Å². The molecule has 2 aromatic rings. The maximum Gasteiger partial charge on any atom is 0.192 e. The van der Waals surface area contributed by atoms with Crippen LogP contribution in [-0.4, -0.2) is 43.3 Å². The molecule has 0 atom stereocenters. The van der Waals surface area contributed by atoms with E-state index >= 15 is 0 Å². The molecule has 6 heteroatoms. The van der Waals surface area contributed by atoms with Crippen LogP contribution in [-0.2, 0) is 30.6 Å². The number of nitrogens with zero attached hydrogens (tertiary/aromatic N) is 2. The number of hydrogen-bond donors (Lipinski definition) is 2. The molecule has 0 saturated carbocycles. The fourth-order valence-corrected chi connectivity index (χ4v) is 5.09. The van der Waals surface area contributed by atoms with Gasteiger partial charge in [-0.25, -0.2) is 0 Å². The number of anilines is 1. The highest BCUT2D eigenvalue weighted by molar-refractivity contribution is 6.74. The van der Waals surface area contributed by atoms with Crippen molar-refractivity contribution < 1.29 is 14.6 Å². The van der Waals surface area contributed by atoms with Crippen LogP contribution in [0, 0.1) is 0 Å². The van der Waals surface area contributed by atoms with E-state index in [2.05, 4.69) is 74.6 Å². The number of likely N-dealkylation sites (N-methyl/N-ethyl adjacent to an activating group) is 1. The van der Waals surface area contributed by atoms with E-state index in [0.717, 1.165) is 60.6 Å². The number of aliphatic hydroxyl groups excluding tert-OH is 2. The summed E-state index contributed by atoms with van der Waals surface area (Å²) >= 11 is 0. The summed E-state index contributed by atoms with van der Waals surface area (Å²) in [5.74, 6) is 0. The maximum atomic E-state index is 9.97. The van der Waals surface area contributed by atoms with E-state index in [1.807, 2.05) is 0 Å². The van der Waals surface area contributed by atoms with Crippen molar-refractivity contribution in [2.75, 3.05) is 25.1 Å². The van der Waals surface area contributed by atoms with Crippen molar-refractivity contribution in [2.24, 2.45) is 0 Å². The standard InChI is InChI=1S/C24H38N2O3Si/c1-24(2,3)30(5,6)29-15-14-25(4)19-11-9-18(10-12-19)23-21(17-28)20(16-27)22-8-7-13-26(22)23/h9-12,27-28H,7-8,13-17H2,1-6H3. The van der Waals surface area contributed by atoms with Gasteiger partial charge in [-0.05, 0) is 48.7 Å². The molecule has 0 spiro atoms. The predicted molar refractivity (Wildman–Crippen MR) is 126 cm³/mol. The summed E-state index contributed by atoms with van der Waals surface area (Å²) in [5.41, 5.74) is 6.27. The smallest absolute Gasteiger partial charge is 0.192 e. The highest BCUT2D eigenvalue weighted by atomic mass is 28.4. The van der Waals surface area contributed by atoms with Gasteiger partial charge in [-0.3, -0.25) is 0 Å². The van der Waals surface area contributed by atoms with E-state index in [-0.39, 0.29) is 18.3 Å². The SMILES string of the molecule is CN(CCO[Si](C)(C)C(C)(C)C)c1ccc(-c2c(CO)c(CO)c3n2CCC3)cc1. The summed E-state index contributed by atoms with van der Waals surface area (Å²) in [6, 6.07) is 8.52. The van der Waals surface area contributed by atoms with Gasteiger partial charge >= 0.3 is 0 Å². The Hall–Kier alpha value is -1.60. The number of hydrogen-bond acceptors (Lipinski definition) is 4. The first-order chi connectivity index (χ1) is 14.1. The fourth-order valence-electron chi connectivity index (χ4n) is 4.06. The molecule has 2 heterocycles. The third-order valence-electron chi connectivity index (χ3n) is 6.98. The van der Waals surface area contributed by atoms with E-state index in [9.17, 15) is 10.2 Å². The third kappa shape index (κ3) is 4.37. The van der Waals surface area contributed by atoms with Crippen molar-refractivity contribution in [3.05, 3.63) is 41.1 Å². The van der Waals surface area contributed by atoms with Crippen LogP contribution in [0.1, 0.15) is 44.0 Å². The Morgan fingerprint density at radius 2 is 1.70 bits per heavy atom. The molecule has 0 fully saturated rings. The van der Waals surface area contributed by atoms with E-state index in [4.69, 9.17) is 4.43 Å². The molecule has 0 radical (unpaired) electrons. The zero-order valence-electron chi connectivity index (χ0n) is 19.5. The van der Waals surface area contributed by atoms with Gasteiger partial charge in [0, 0.05) is 42.6 Å². The lowest BCUT2D eigenvalue weighted by atomic mass is 10.0. The minimum atomic E-state index is -1.72. The molecule has 1 aliphatic heterocycles. The Kier molecular flexibility index (Phi) is 6.82. The molecule has 0 saturated heterocycles. The number of benzene rings is 1. The summed E-state index contributed by atoms with van der Waals surface area (Å²) in [5, 5.41) is 20.0. The van der Waals surface area contributed by atoms with Crippen LogP contribution in [0.2, 0.25) is 18.1 Å². The molecule has 5 nitrogen and oxygen atoms in total. The summed E-state index contributed by atoms with van der Waals surface area (Å²) in [6.45, 7) is 13.9. The number of aliphatic hydroxyl groups is 2. The Morgan fingerprint density at radius 3 is 2.27 bits per heavy atom. The zero-order valence-corrected chi connectivity index (χ0v) is 20.5. The van der Waals surface area contributed by atoms with Crippen LogP contribution in [0.25, 0.3) is 11.3 Å². The number of rotatable bonds is 8. The van der Waals surface area contributed by atoms with E-state index in [1.54, 1.807) is 0 Å². The second kappa shape index (κ2) is 8.87. The molecule has 30 heavy (non-hydrogen) atoms. The lowest BCUT2D eigenvalue weighted by Crippen LogP contribution is -2.42. The van der Waals surface area contributed by atoms with Crippen molar-refractivity contribution in [1.82, 2.24) is 4.57 Å². The average molecular weight is 431 g/mol. The molecule has 2 N–H and O–H groups in total. The maximum absolute atomic E-state index is 9.97. The summed E-state index contributed by atoms with van der Waals surface area (Å²) in [6.07, 6.45) is 2.06. The fraction of sp³-hybridized carbons (Fsp3) is 0.583. The van der Waals surface area contributed by atoms with Crippen molar-refractivity contribution in [2.45, 2.75) is 71.5 Å². The number of fused-ring (bicyclic) bond motifs is 1. The number of aromatic nitrogens is 1. The molecule has 1 aliphatic rings. The van der Waals surface area contributed by atoms with Crippen molar-refractivity contribution in [3.8, 4) is 11.3 Å². The molecule has 1 aromatic heterocycles. The van der Waals surface area contributed by atoms with Gasteiger partial charge in [-0.1, -0.05) is 32.9 Å². The molecule has 0 amide bonds. The van der Waals surface area contributed by atoms with Gasteiger partial charge in [0.2, 0.25) is 0 Å². The van der Waals surface area contributed by atoms with E-state index < -0.39 is 8.32 Å². The van der Waals surface area contributed by atoms with Crippen LogP contribution in [0.15, 0.2) is 24.3 Å². The largest absolute Gasteiger partial charge is 0.415 e. The average Bonchev–Trinajstić information content (AvgIpc) is 3.26. The normalized spacial score (nSPS) is 14.3. The first-order valence-electron chi connectivity index (χ1n) is 11.0. The highest BCUT2D eigenvalue weighted by Gasteiger charge is 2.37. The first-order valence-corrected chi connectivity index (χ1v) is 13.9. The van der Waals surface area contributed by atoms with E-state index in [0.29, 0.717) is 0 Å². The van der Waals surface area contributed by atoms with Crippen molar-refractivity contribution in [1.29, 1.82) is 0 Å². The topological polar surface area (TPSA) is 57.9 Å². The van der Waals surface area contributed by atoms with E-state index in [1.165, 1.54) is 5.69 Å². The van der Waals surface area contributed by atoms with Gasteiger partial charge in [-0.15, -0.1) is 0 Å². The molecule has 3 rings (SSSR count). The van der Waals surface area contributed by atoms with Crippen LogP contribution in [0.4, 0.5) is 5.69 Å². The molecule has 0 unspecified atom stereocenters. The third-order valence-corrected chi connectivity index (χ3v) is 11.5. The zero-order chi connectivity index (χ0) is 22.1. The van der Waals surface area contributed by atoms with Crippen LogP contribution < -0.4 is 4.90 Å². The van der Waals surface area contributed by atoms with Crippen LogP contribution in [0.5, 0.6) is 0 Å². The van der Waals surface area contributed by atoms with Crippen molar-refractivity contribution >= 4 is 14.0 Å². The molecular weight excluding hydrogens is 392 g/mol. The quantitative estimate of drug-likeness (QED) is 0.604. The Morgan fingerprint density at radius 1 is 1.07 bits per heavy atom. The van der Waals surface area contributed by atoms with Gasteiger partial charge in [-0.2, -0.15) is 0 Å². The minimum Gasteiger partial charge on any atom is -0.415 e. The predicted octanol–water partition coefficient (Wildman–Crippen LogP) is 4.54. The second-order valence-corrected chi connectivity index (χ2v) is 14.7. The molecule has 166 valence electrons. The molecule has 0 bridgehead atoms. The lowest BCUT2D eigenvalue weighted by molar-refractivity contribution is 0.260. The summed E-state index contributed by atoms with van der Waals surface area (Å²) in [7, 11) is 0.378. The van der Waals surface area contributed by atoms with Gasteiger partial charge in [0.1, 0.15) is 0 Å². The van der Waals surface area contributed by atoms with Gasteiger partial charge in [0.25, 0.3) is 0 Å². The van der Waals surface area contributed by atoms with Crippen LogP contribution in [0.3, 0.4) is 0 Å². The summed E-state index contributed by atoms with van der Waals surface area (Å²) < 4.78 is 8.60. The first kappa shape index (κ1) is 23.1. The lowest BCUT2D eigenvalue weighted by Gasteiger charge is -2.36. The monoisotopic (exact) mass is 430 g/mol. The Balaban J connectivity index is 1.73. The molecular formula is C24H38N2O3Si. The minimum absolute atomic E-state index is 0.0136. The van der Waals surface area contributed by atoms with Gasteiger partial charge < -0.3 is 24.1 Å².